The molecule has 1 aliphatic rings. The van der Waals surface area contributed by atoms with E-state index in [1.54, 1.807) is 0 Å². The van der Waals surface area contributed by atoms with E-state index in [9.17, 15) is 0 Å². The SMILES string of the molecule is CC(C)CN(CC(C)C(=N)N)C1CC1. The van der Waals surface area contributed by atoms with Gasteiger partial charge in [-0.15, -0.1) is 0 Å². The lowest BCUT2D eigenvalue weighted by Crippen LogP contribution is -2.37. The van der Waals surface area contributed by atoms with Gasteiger partial charge < -0.3 is 5.73 Å². The number of nitrogens with zero attached hydrogens (tertiary/aromatic N) is 1. The number of hydrogen-bond acceptors (Lipinski definition) is 2. The van der Waals surface area contributed by atoms with E-state index in [-0.39, 0.29) is 5.92 Å². The molecule has 1 rings (SSSR count). The largest absolute Gasteiger partial charge is 0.387 e. The molecule has 1 unspecified atom stereocenters. The molecule has 0 heterocycles. The van der Waals surface area contributed by atoms with Gasteiger partial charge in [-0.05, 0) is 18.8 Å². The standard InChI is InChI=1S/C11H23N3/c1-8(2)6-14(10-4-5-10)7-9(3)11(12)13/h8-10H,4-7H2,1-3H3,(H3,12,13). The van der Waals surface area contributed by atoms with Gasteiger partial charge in [0.05, 0.1) is 5.84 Å². The lowest BCUT2D eigenvalue weighted by molar-refractivity contribution is 0.221. The summed E-state index contributed by atoms with van der Waals surface area (Å²) in [5.74, 6) is 1.23. The molecular weight excluding hydrogens is 174 g/mol. The van der Waals surface area contributed by atoms with Crippen LogP contribution in [0.25, 0.3) is 0 Å². The zero-order valence-electron chi connectivity index (χ0n) is 9.59. The van der Waals surface area contributed by atoms with Crippen molar-refractivity contribution in [1.82, 2.24) is 4.90 Å². The molecule has 3 heteroatoms. The highest BCUT2D eigenvalue weighted by molar-refractivity contribution is 5.79. The predicted octanol–water partition coefficient (Wildman–Crippen LogP) is 1.68. The van der Waals surface area contributed by atoms with Crippen LogP contribution in [0.3, 0.4) is 0 Å². The van der Waals surface area contributed by atoms with Crippen LogP contribution in [0.15, 0.2) is 0 Å². The summed E-state index contributed by atoms with van der Waals surface area (Å²) >= 11 is 0. The molecule has 0 aromatic rings. The Hall–Kier alpha value is -0.570. The number of nitrogens with two attached hydrogens (primary N) is 1. The zero-order chi connectivity index (χ0) is 10.7. The van der Waals surface area contributed by atoms with Crippen LogP contribution in [0.1, 0.15) is 33.6 Å². The minimum Gasteiger partial charge on any atom is -0.387 e. The summed E-state index contributed by atoms with van der Waals surface area (Å²) in [6.07, 6.45) is 2.66. The van der Waals surface area contributed by atoms with E-state index in [2.05, 4.69) is 18.7 Å². The first-order chi connectivity index (χ1) is 6.50. The molecule has 0 amide bonds. The number of amidine groups is 1. The van der Waals surface area contributed by atoms with Crippen molar-refractivity contribution in [3.05, 3.63) is 0 Å². The molecule has 82 valence electrons. The van der Waals surface area contributed by atoms with Crippen molar-refractivity contribution in [2.75, 3.05) is 13.1 Å². The van der Waals surface area contributed by atoms with Crippen LogP contribution in [0.4, 0.5) is 0 Å². The highest BCUT2D eigenvalue weighted by Gasteiger charge is 2.30. The second kappa shape index (κ2) is 4.78. The van der Waals surface area contributed by atoms with Crippen LogP contribution in [-0.2, 0) is 0 Å². The van der Waals surface area contributed by atoms with Crippen molar-refractivity contribution in [1.29, 1.82) is 5.41 Å². The normalized spacial score (nSPS) is 18.9. The highest BCUT2D eigenvalue weighted by atomic mass is 15.2. The maximum atomic E-state index is 7.39. The Kier molecular flexibility index (Phi) is 3.93. The molecule has 1 atom stereocenters. The van der Waals surface area contributed by atoms with Crippen LogP contribution >= 0.6 is 0 Å². The van der Waals surface area contributed by atoms with E-state index >= 15 is 0 Å². The molecule has 0 aromatic carbocycles. The molecule has 1 fully saturated rings. The molecular formula is C11H23N3. The van der Waals surface area contributed by atoms with Gasteiger partial charge in [-0.1, -0.05) is 20.8 Å². The van der Waals surface area contributed by atoms with Gasteiger partial charge in [0.1, 0.15) is 0 Å². The summed E-state index contributed by atoms with van der Waals surface area (Å²) in [7, 11) is 0. The Morgan fingerprint density at radius 3 is 2.29 bits per heavy atom. The Bertz CT molecular complexity index is 197. The van der Waals surface area contributed by atoms with E-state index in [4.69, 9.17) is 11.1 Å². The fraction of sp³-hybridized carbons (Fsp3) is 0.909. The van der Waals surface area contributed by atoms with Crippen LogP contribution < -0.4 is 5.73 Å². The summed E-state index contributed by atoms with van der Waals surface area (Å²) in [6.45, 7) is 8.63. The summed E-state index contributed by atoms with van der Waals surface area (Å²) in [4.78, 5) is 2.50. The van der Waals surface area contributed by atoms with Gasteiger partial charge in [0.15, 0.2) is 0 Å². The number of nitrogens with one attached hydrogen (secondary N) is 1. The smallest absolute Gasteiger partial charge is 0.0947 e. The third-order valence-corrected chi connectivity index (χ3v) is 2.70. The van der Waals surface area contributed by atoms with E-state index < -0.39 is 0 Å². The molecule has 14 heavy (non-hydrogen) atoms. The maximum Gasteiger partial charge on any atom is 0.0947 e. The summed E-state index contributed by atoms with van der Waals surface area (Å²) in [6, 6.07) is 0.777. The maximum absolute atomic E-state index is 7.39. The monoisotopic (exact) mass is 197 g/mol. The topological polar surface area (TPSA) is 53.1 Å². The lowest BCUT2D eigenvalue weighted by Gasteiger charge is -2.26. The third-order valence-electron chi connectivity index (χ3n) is 2.70. The van der Waals surface area contributed by atoms with Crippen molar-refractivity contribution >= 4 is 5.84 Å². The zero-order valence-corrected chi connectivity index (χ0v) is 9.59. The van der Waals surface area contributed by atoms with Crippen molar-refractivity contribution in [3.63, 3.8) is 0 Å². The fourth-order valence-corrected chi connectivity index (χ4v) is 1.73. The molecule has 1 aliphatic carbocycles. The van der Waals surface area contributed by atoms with Gasteiger partial charge in [0, 0.05) is 25.0 Å². The first-order valence-electron chi connectivity index (χ1n) is 5.58. The summed E-state index contributed by atoms with van der Waals surface area (Å²) in [5, 5.41) is 7.39. The molecule has 0 spiro atoms. The van der Waals surface area contributed by atoms with E-state index in [1.165, 1.54) is 12.8 Å². The van der Waals surface area contributed by atoms with E-state index in [0.717, 1.165) is 19.1 Å². The van der Waals surface area contributed by atoms with Crippen molar-refractivity contribution in [2.24, 2.45) is 17.6 Å². The number of rotatable bonds is 6. The average molecular weight is 197 g/mol. The minimum atomic E-state index is 0.203. The molecule has 0 bridgehead atoms. The van der Waals surface area contributed by atoms with Gasteiger partial charge in [-0.25, -0.2) is 0 Å². The highest BCUT2D eigenvalue weighted by Crippen LogP contribution is 2.28. The number of hydrogen-bond donors (Lipinski definition) is 2. The third kappa shape index (κ3) is 3.66. The minimum absolute atomic E-state index is 0.203. The van der Waals surface area contributed by atoms with Crippen LogP contribution in [-0.4, -0.2) is 29.9 Å². The van der Waals surface area contributed by atoms with Gasteiger partial charge in [-0.3, -0.25) is 10.3 Å². The Morgan fingerprint density at radius 1 is 1.36 bits per heavy atom. The molecule has 1 saturated carbocycles. The molecule has 0 radical (unpaired) electrons. The summed E-state index contributed by atoms with van der Waals surface area (Å²) in [5.41, 5.74) is 5.49. The molecule has 0 aromatic heterocycles. The van der Waals surface area contributed by atoms with E-state index in [0.29, 0.717) is 11.8 Å². The first-order valence-corrected chi connectivity index (χ1v) is 5.58. The van der Waals surface area contributed by atoms with Gasteiger partial charge in [0.2, 0.25) is 0 Å². The second-order valence-corrected chi connectivity index (χ2v) is 4.94. The average Bonchev–Trinajstić information content (AvgIpc) is 2.83. The predicted molar refractivity (Wildman–Crippen MR) is 60.5 cm³/mol. The van der Waals surface area contributed by atoms with Crippen molar-refractivity contribution < 1.29 is 0 Å². The molecule has 0 aliphatic heterocycles. The molecule has 3 N–H and O–H groups in total. The second-order valence-electron chi connectivity index (χ2n) is 4.94. The van der Waals surface area contributed by atoms with Gasteiger partial charge in [0.25, 0.3) is 0 Å². The quantitative estimate of drug-likeness (QED) is 0.503. The summed E-state index contributed by atoms with van der Waals surface area (Å²) < 4.78 is 0. The fourth-order valence-electron chi connectivity index (χ4n) is 1.73. The molecule has 0 saturated heterocycles. The van der Waals surface area contributed by atoms with Crippen molar-refractivity contribution in [2.45, 2.75) is 39.7 Å². The molecule has 3 nitrogen and oxygen atoms in total. The van der Waals surface area contributed by atoms with Crippen LogP contribution in [0, 0.1) is 17.2 Å². The van der Waals surface area contributed by atoms with Gasteiger partial charge >= 0.3 is 0 Å². The van der Waals surface area contributed by atoms with Crippen LogP contribution in [0.2, 0.25) is 0 Å². The van der Waals surface area contributed by atoms with E-state index in [1.807, 2.05) is 6.92 Å². The first kappa shape index (κ1) is 11.5. The van der Waals surface area contributed by atoms with Crippen LogP contribution in [0.5, 0.6) is 0 Å². The lowest BCUT2D eigenvalue weighted by atomic mass is 10.1. The van der Waals surface area contributed by atoms with Gasteiger partial charge in [-0.2, -0.15) is 0 Å². The Balaban J connectivity index is 2.38. The Morgan fingerprint density at radius 2 is 1.93 bits per heavy atom. The van der Waals surface area contributed by atoms with Crippen molar-refractivity contribution in [3.8, 4) is 0 Å². The Labute approximate surface area is 87.2 Å².